The summed E-state index contributed by atoms with van der Waals surface area (Å²) in [6, 6.07) is 18.5. The van der Waals surface area contributed by atoms with E-state index in [2.05, 4.69) is 16.4 Å². The number of carbonyl (C=O) groups excluding carboxylic acids is 1. The molecule has 1 N–H and O–H groups in total. The maximum absolute atomic E-state index is 13.2. The number of methoxy groups -OCH3 is 1. The molecule has 1 aromatic heterocycles. The third kappa shape index (κ3) is 7.23. The molecule has 0 aliphatic heterocycles. The second-order valence-electron chi connectivity index (χ2n) is 9.15. The second kappa shape index (κ2) is 11.3. The molecule has 1 heterocycles. The highest BCUT2D eigenvalue weighted by Gasteiger charge is 2.34. The Morgan fingerprint density at radius 3 is 2.38 bits per heavy atom. The molecule has 1 amide bonds. The molecule has 2 aromatic carbocycles. The maximum atomic E-state index is 13.2. The zero-order valence-electron chi connectivity index (χ0n) is 21.0. The molecule has 3 aromatic rings. The van der Waals surface area contributed by atoms with E-state index in [1.165, 1.54) is 13.8 Å². The minimum absolute atomic E-state index is 0.0997. The highest BCUT2D eigenvalue weighted by atomic mass is 19.4. The van der Waals surface area contributed by atoms with Crippen LogP contribution in [0.2, 0.25) is 0 Å². The molecule has 6 nitrogen and oxygen atoms in total. The molecule has 2 atom stereocenters. The standard InChI is InChI=1S/C28H28F3N3O3/c1-18(34-26(35)27(2,3)37-25-13-10-22(17-33-25)28(29,30)31)24(21-7-5-6-20(14-21)16-32)15-19-8-11-23(36-4)12-9-19/h5-14,17-18,24H,15H2,1-4H3,(H,34,35)/t18-,24+/m0/s1/i4-1. The van der Waals surface area contributed by atoms with Crippen LogP contribution < -0.4 is 14.8 Å². The number of ether oxygens (including phenoxy) is 2. The summed E-state index contributed by atoms with van der Waals surface area (Å²) in [7, 11) is 1.59. The fourth-order valence-electron chi connectivity index (χ4n) is 3.84. The Morgan fingerprint density at radius 2 is 1.81 bits per heavy atom. The Morgan fingerprint density at radius 1 is 1.11 bits per heavy atom. The lowest BCUT2D eigenvalue weighted by atomic mass is 9.85. The largest absolute Gasteiger partial charge is 0.497 e. The van der Waals surface area contributed by atoms with Crippen molar-refractivity contribution >= 4 is 5.91 Å². The fraction of sp³-hybridized carbons (Fsp3) is 0.321. The van der Waals surface area contributed by atoms with Crippen LogP contribution >= 0.6 is 0 Å². The Balaban J connectivity index is 1.79. The van der Waals surface area contributed by atoms with Gasteiger partial charge in [-0.25, -0.2) is 4.98 Å². The van der Waals surface area contributed by atoms with Gasteiger partial charge in [0.15, 0.2) is 5.60 Å². The summed E-state index contributed by atoms with van der Waals surface area (Å²) in [6.07, 6.45) is -3.28. The summed E-state index contributed by atoms with van der Waals surface area (Å²) in [5.74, 6) is -0.0234. The predicted molar refractivity (Wildman–Crippen MR) is 132 cm³/mol. The van der Waals surface area contributed by atoms with E-state index in [-0.39, 0.29) is 17.8 Å². The molecule has 9 heteroatoms. The third-order valence-electron chi connectivity index (χ3n) is 5.99. The zero-order valence-corrected chi connectivity index (χ0v) is 21.0. The van der Waals surface area contributed by atoms with Gasteiger partial charge < -0.3 is 14.8 Å². The number of rotatable bonds is 9. The van der Waals surface area contributed by atoms with E-state index in [0.29, 0.717) is 18.2 Å². The van der Waals surface area contributed by atoms with Crippen LogP contribution in [0.1, 0.15) is 48.9 Å². The topological polar surface area (TPSA) is 84.2 Å². The molecule has 0 radical (unpaired) electrons. The lowest BCUT2D eigenvalue weighted by Crippen LogP contribution is -2.51. The number of nitriles is 1. The third-order valence-corrected chi connectivity index (χ3v) is 5.99. The van der Waals surface area contributed by atoms with Gasteiger partial charge in [0.1, 0.15) is 5.75 Å². The smallest absolute Gasteiger partial charge is 0.417 e. The van der Waals surface area contributed by atoms with Gasteiger partial charge in [-0.15, -0.1) is 0 Å². The summed E-state index contributed by atoms with van der Waals surface area (Å²) in [4.78, 5) is 16.9. The molecule has 37 heavy (non-hydrogen) atoms. The number of aromatic nitrogens is 1. The van der Waals surface area contributed by atoms with Gasteiger partial charge in [0.25, 0.3) is 5.91 Å². The van der Waals surface area contributed by atoms with Crippen molar-refractivity contribution in [2.75, 3.05) is 7.11 Å². The Bertz CT molecular complexity index is 1250. The van der Waals surface area contributed by atoms with Crippen molar-refractivity contribution < 1.29 is 27.4 Å². The summed E-state index contributed by atoms with van der Waals surface area (Å²) in [5.41, 5.74) is 0.0780. The van der Waals surface area contributed by atoms with Crippen molar-refractivity contribution in [1.29, 1.82) is 5.26 Å². The number of alkyl halides is 3. The number of hydrogen-bond donors (Lipinski definition) is 1. The maximum Gasteiger partial charge on any atom is 0.417 e. The molecular formula is C28H28F3N3O3. The Kier molecular flexibility index (Phi) is 8.43. The molecule has 0 bridgehead atoms. The van der Waals surface area contributed by atoms with E-state index in [1.807, 2.05) is 37.3 Å². The fourth-order valence-corrected chi connectivity index (χ4v) is 3.84. The molecule has 0 saturated carbocycles. The molecule has 3 rings (SSSR count). The van der Waals surface area contributed by atoms with Crippen molar-refractivity contribution in [3.63, 3.8) is 0 Å². The van der Waals surface area contributed by atoms with Gasteiger partial charge in [0, 0.05) is 24.2 Å². The molecular weight excluding hydrogens is 482 g/mol. The average Bonchev–Trinajstić information content (AvgIpc) is 2.87. The van der Waals surface area contributed by atoms with Gasteiger partial charge in [-0.05, 0) is 68.7 Å². The number of carbonyl (C=O) groups is 1. The van der Waals surface area contributed by atoms with E-state index >= 15 is 0 Å². The molecule has 0 aliphatic carbocycles. The van der Waals surface area contributed by atoms with Crippen LogP contribution in [0.25, 0.3) is 0 Å². The summed E-state index contributed by atoms with van der Waals surface area (Å²) in [5, 5.41) is 12.3. The number of hydrogen-bond acceptors (Lipinski definition) is 5. The normalized spacial score (nSPS) is 13.2. The average molecular weight is 511 g/mol. The van der Waals surface area contributed by atoms with E-state index < -0.39 is 23.2 Å². The molecule has 0 unspecified atom stereocenters. The van der Waals surface area contributed by atoms with Gasteiger partial charge >= 0.3 is 6.18 Å². The summed E-state index contributed by atoms with van der Waals surface area (Å²) >= 11 is 0. The zero-order chi connectivity index (χ0) is 27.2. The van der Waals surface area contributed by atoms with Crippen molar-refractivity contribution in [2.45, 2.75) is 50.9 Å². The van der Waals surface area contributed by atoms with Crippen molar-refractivity contribution in [3.8, 4) is 17.7 Å². The highest BCUT2D eigenvalue weighted by Crippen LogP contribution is 2.30. The number of halogens is 3. The van der Waals surface area contributed by atoms with Crippen LogP contribution in [0, 0.1) is 11.3 Å². The molecule has 0 saturated heterocycles. The highest BCUT2D eigenvalue weighted by molar-refractivity contribution is 5.85. The van der Waals surface area contributed by atoms with Gasteiger partial charge in [-0.1, -0.05) is 24.3 Å². The molecule has 194 valence electrons. The number of amides is 1. The minimum Gasteiger partial charge on any atom is -0.497 e. The SMILES string of the molecule is C[C@H](NC(=O)C(C)(C)Oc1ccc(C(F)(F)F)cn1)[C@@H](Cc1ccc(O[11CH3])cc1)c1cccc(C#N)c1. The lowest BCUT2D eigenvalue weighted by molar-refractivity contribution is -0.138. The van der Waals surface area contributed by atoms with Crippen molar-refractivity contribution in [3.05, 3.63) is 89.1 Å². The number of nitrogens with one attached hydrogen (secondary N) is 1. The molecule has 0 aliphatic rings. The first-order chi connectivity index (χ1) is 17.4. The Labute approximate surface area is 214 Å². The lowest BCUT2D eigenvalue weighted by Gasteiger charge is -2.30. The second-order valence-corrected chi connectivity index (χ2v) is 9.15. The van der Waals surface area contributed by atoms with Crippen LogP contribution in [0.3, 0.4) is 0 Å². The first-order valence-electron chi connectivity index (χ1n) is 11.6. The molecule has 0 spiro atoms. The first kappa shape index (κ1) is 27.5. The van der Waals surface area contributed by atoms with E-state index in [1.54, 1.807) is 25.3 Å². The van der Waals surface area contributed by atoms with Crippen LogP contribution in [0.4, 0.5) is 13.2 Å². The first-order valence-corrected chi connectivity index (χ1v) is 11.6. The van der Waals surface area contributed by atoms with Crippen LogP contribution in [0.15, 0.2) is 66.9 Å². The molecule has 0 fully saturated rings. The number of pyridine rings is 1. The van der Waals surface area contributed by atoms with Gasteiger partial charge in [-0.3, -0.25) is 4.79 Å². The summed E-state index contributed by atoms with van der Waals surface area (Å²) in [6.45, 7) is 4.89. The number of benzene rings is 2. The van der Waals surface area contributed by atoms with Gasteiger partial charge in [0.2, 0.25) is 5.88 Å². The van der Waals surface area contributed by atoms with Crippen molar-refractivity contribution in [2.24, 2.45) is 0 Å². The van der Waals surface area contributed by atoms with Gasteiger partial charge in [0.05, 0.1) is 24.3 Å². The number of nitrogens with zero attached hydrogens (tertiary/aromatic N) is 2. The van der Waals surface area contributed by atoms with E-state index in [4.69, 9.17) is 9.47 Å². The van der Waals surface area contributed by atoms with E-state index in [9.17, 15) is 23.2 Å². The van der Waals surface area contributed by atoms with Crippen LogP contribution in [0.5, 0.6) is 11.6 Å². The van der Waals surface area contributed by atoms with Gasteiger partial charge in [-0.2, -0.15) is 18.4 Å². The van der Waals surface area contributed by atoms with Crippen LogP contribution in [-0.2, 0) is 17.4 Å². The van der Waals surface area contributed by atoms with Crippen molar-refractivity contribution in [1.82, 2.24) is 10.3 Å². The monoisotopic (exact) mass is 510 g/mol. The summed E-state index contributed by atoms with van der Waals surface area (Å²) < 4.78 is 49.3. The quantitative estimate of drug-likeness (QED) is 0.401. The van der Waals surface area contributed by atoms with E-state index in [0.717, 1.165) is 29.0 Å². The Hall–Kier alpha value is -4.06. The predicted octanol–water partition coefficient (Wildman–Crippen LogP) is 5.67. The van der Waals surface area contributed by atoms with Crippen LogP contribution in [-0.4, -0.2) is 29.6 Å². The minimum atomic E-state index is -4.52.